The number of amides is 3. The van der Waals surface area contributed by atoms with E-state index in [2.05, 4.69) is 35.9 Å². The molecule has 15 heteroatoms. The normalized spacial score (nSPS) is 14.5. The first kappa shape index (κ1) is 33.6. The second kappa shape index (κ2) is 16.1. The number of hydrogen-bond acceptors (Lipinski definition) is 7. The Morgan fingerprint density at radius 2 is 1.73 bits per heavy atom. The summed E-state index contributed by atoms with van der Waals surface area (Å²) in [6.07, 6.45) is 5.89. The molecule has 1 aromatic carbocycles. The molecule has 0 saturated carbocycles. The van der Waals surface area contributed by atoms with Crippen LogP contribution < -0.4 is 33.2 Å². The average molecular weight is 611 g/mol. The van der Waals surface area contributed by atoms with Gasteiger partial charge in [0.25, 0.3) is 0 Å². The molecule has 3 amide bonds. The lowest BCUT2D eigenvalue weighted by Crippen LogP contribution is -2.59. The summed E-state index contributed by atoms with van der Waals surface area (Å²) in [6, 6.07) is 3.06. The monoisotopic (exact) mass is 610 g/mol. The van der Waals surface area contributed by atoms with Gasteiger partial charge in [-0.05, 0) is 30.4 Å². The Morgan fingerprint density at radius 3 is 2.39 bits per heavy atom. The molecule has 0 saturated heterocycles. The zero-order chi connectivity index (χ0) is 32.2. The van der Waals surface area contributed by atoms with Crippen LogP contribution in [0.2, 0.25) is 0 Å². The molecule has 5 unspecified atom stereocenters. The summed E-state index contributed by atoms with van der Waals surface area (Å²) in [5.41, 5.74) is 19.1. The van der Waals surface area contributed by atoms with Gasteiger partial charge in [-0.25, -0.2) is 9.78 Å². The third-order valence-corrected chi connectivity index (χ3v) is 7.42. The van der Waals surface area contributed by atoms with Crippen molar-refractivity contribution in [2.75, 3.05) is 6.54 Å². The number of aliphatic carboxylic acids is 1. The van der Waals surface area contributed by atoms with Gasteiger partial charge in [0.2, 0.25) is 17.7 Å². The number of nitrogens with one attached hydrogen (secondary N) is 5. The summed E-state index contributed by atoms with van der Waals surface area (Å²) >= 11 is 0. The standard InChI is InChI=1S/C29H42N10O5/c1-3-16(2)24(39-25(40)20(30)12-18-14-33-15-36-18)27(42)37-22(9-6-10-34-29(31)32)26(41)38-23(28(43)44)11-17-13-35-21-8-5-4-7-19(17)21/h4-5,7-8,13-16,20,22-24,35H,3,6,9-12,30H2,1-2H3,(H,33,36)(H,37,42)(H,38,41)(H,39,40)(H,43,44)(H4,31,32,34). The van der Waals surface area contributed by atoms with Crippen LogP contribution in [0, 0.1) is 5.92 Å². The zero-order valence-electron chi connectivity index (χ0n) is 24.9. The van der Waals surface area contributed by atoms with Crippen LogP contribution in [0.3, 0.4) is 0 Å². The Balaban J connectivity index is 1.75. The maximum Gasteiger partial charge on any atom is 0.326 e. The number of carbonyl (C=O) groups is 4. The van der Waals surface area contributed by atoms with Crippen molar-refractivity contribution in [2.45, 2.75) is 70.1 Å². The molecule has 44 heavy (non-hydrogen) atoms. The number of hydrogen-bond donors (Lipinski definition) is 9. The van der Waals surface area contributed by atoms with Crippen LogP contribution >= 0.6 is 0 Å². The molecule has 238 valence electrons. The summed E-state index contributed by atoms with van der Waals surface area (Å²) < 4.78 is 0. The Kier molecular flexibility index (Phi) is 12.3. The van der Waals surface area contributed by atoms with Gasteiger partial charge in [0.15, 0.2) is 5.96 Å². The van der Waals surface area contributed by atoms with Crippen molar-refractivity contribution in [3.63, 3.8) is 0 Å². The minimum Gasteiger partial charge on any atom is -0.480 e. The molecular weight excluding hydrogens is 568 g/mol. The number of aromatic nitrogens is 3. The molecule has 0 aliphatic rings. The fourth-order valence-electron chi connectivity index (χ4n) is 4.71. The smallest absolute Gasteiger partial charge is 0.326 e. The number of guanidine groups is 1. The second-order valence-corrected chi connectivity index (χ2v) is 10.7. The number of H-pyrrole nitrogens is 2. The van der Waals surface area contributed by atoms with Gasteiger partial charge in [-0.1, -0.05) is 38.5 Å². The van der Waals surface area contributed by atoms with Crippen LogP contribution in [0.25, 0.3) is 10.9 Å². The largest absolute Gasteiger partial charge is 0.480 e. The molecule has 0 spiro atoms. The number of carbonyl (C=O) groups excluding carboxylic acids is 3. The number of nitrogens with zero attached hydrogens (tertiary/aromatic N) is 2. The highest BCUT2D eigenvalue weighted by Gasteiger charge is 2.32. The number of nitrogens with two attached hydrogens (primary N) is 3. The van der Waals surface area contributed by atoms with Crippen molar-refractivity contribution in [3.05, 3.63) is 54.2 Å². The number of fused-ring (bicyclic) bond motifs is 1. The maximum absolute atomic E-state index is 13.5. The van der Waals surface area contributed by atoms with Gasteiger partial charge in [0, 0.05) is 48.4 Å². The van der Waals surface area contributed by atoms with Crippen molar-refractivity contribution < 1.29 is 24.3 Å². The van der Waals surface area contributed by atoms with Crippen LogP contribution in [0.4, 0.5) is 0 Å². The van der Waals surface area contributed by atoms with Gasteiger partial charge in [-0.2, -0.15) is 0 Å². The first-order valence-corrected chi connectivity index (χ1v) is 14.5. The van der Waals surface area contributed by atoms with Gasteiger partial charge in [0.1, 0.15) is 18.1 Å². The number of para-hydroxylation sites is 1. The number of carboxylic acids is 1. The maximum atomic E-state index is 13.5. The van der Waals surface area contributed by atoms with E-state index in [1.807, 2.05) is 31.2 Å². The van der Waals surface area contributed by atoms with E-state index in [1.165, 1.54) is 6.33 Å². The summed E-state index contributed by atoms with van der Waals surface area (Å²) in [5.74, 6) is -3.50. The molecule has 0 aliphatic heterocycles. The third-order valence-electron chi connectivity index (χ3n) is 7.42. The van der Waals surface area contributed by atoms with Crippen molar-refractivity contribution in [3.8, 4) is 0 Å². The molecule has 0 bridgehead atoms. The quantitative estimate of drug-likeness (QED) is 0.0548. The highest BCUT2D eigenvalue weighted by Crippen LogP contribution is 2.19. The lowest BCUT2D eigenvalue weighted by molar-refractivity contribution is -0.142. The molecule has 3 aromatic rings. The van der Waals surface area contributed by atoms with Gasteiger partial charge >= 0.3 is 5.97 Å². The zero-order valence-corrected chi connectivity index (χ0v) is 24.9. The van der Waals surface area contributed by atoms with Crippen LogP contribution in [0.1, 0.15) is 44.4 Å². The molecule has 2 heterocycles. The minimum atomic E-state index is -1.27. The first-order chi connectivity index (χ1) is 21.0. The highest BCUT2D eigenvalue weighted by atomic mass is 16.4. The molecule has 12 N–H and O–H groups in total. The SMILES string of the molecule is CCC(C)C(NC(=O)C(N)Cc1cnc[nH]1)C(=O)NC(CCCN=C(N)N)C(=O)NC(Cc1c[nH]c2ccccc12)C(=O)O. The Hall–Kier alpha value is -4.92. The van der Waals surface area contributed by atoms with Crippen LogP contribution in [0.15, 0.2) is 48.0 Å². The number of carboxylic acid groups (broad SMARTS) is 1. The van der Waals surface area contributed by atoms with Crippen molar-refractivity contribution in [2.24, 2.45) is 28.1 Å². The molecule has 0 radical (unpaired) electrons. The summed E-state index contributed by atoms with van der Waals surface area (Å²) in [6.45, 7) is 3.84. The highest BCUT2D eigenvalue weighted by molar-refractivity contribution is 5.94. The van der Waals surface area contributed by atoms with Crippen LogP contribution in [-0.4, -0.2) is 80.4 Å². The molecule has 2 aromatic heterocycles. The molecular formula is C29H42N10O5. The van der Waals surface area contributed by atoms with Crippen LogP contribution in [0.5, 0.6) is 0 Å². The number of imidazole rings is 1. The average Bonchev–Trinajstić information content (AvgIpc) is 3.66. The van der Waals surface area contributed by atoms with Gasteiger partial charge in [-0.15, -0.1) is 0 Å². The van der Waals surface area contributed by atoms with E-state index < -0.39 is 47.9 Å². The predicted molar refractivity (Wildman–Crippen MR) is 165 cm³/mol. The lowest BCUT2D eigenvalue weighted by atomic mass is 9.96. The molecule has 0 aliphatic carbocycles. The third kappa shape index (κ3) is 9.55. The Labute approximate surface area is 254 Å². The van der Waals surface area contributed by atoms with E-state index in [0.29, 0.717) is 24.1 Å². The lowest BCUT2D eigenvalue weighted by Gasteiger charge is -2.28. The molecule has 15 nitrogen and oxygen atoms in total. The fourth-order valence-corrected chi connectivity index (χ4v) is 4.71. The van der Waals surface area contributed by atoms with Crippen LogP contribution in [-0.2, 0) is 32.0 Å². The van der Waals surface area contributed by atoms with Crippen molar-refractivity contribution >= 4 is 40.6 Å². The van der Waals surface area contributed by atoms with Crippen molar-refractivity contribution in [1.82, 2.24) is 30.9 Å². The topological polar surface area (TPSA) is 259 Å². The Bertz CT molecular complexity index is 1430. The summed E-state index contributed by atoms with van der Waals surface area (Å²) in [5, 5.41) is 18.8. The fraction of sp³-hybridized carbons (Fsp3) is 0.448. The predicted octanol–water partition coefficient (Wildman–Crippen LogP) is -0.358. The van der Waals surface area contributed by atoms with E-state index in [0.717, 1.165) is 10.9 Å². The molecule has 0 fully saturated rings. The number of aromatic amines is 2. The second-order valence-electron chi connectivity index (χ2n) is 10.7. The number of rotatable bonds is 17. The number of benzene rings is 1. The summed E-state index contributed by atoms with van der Waals surface area (Å²) in [4.78, 5) is 66.0. The van der Waals surface area contributed by atoms with E-state index >= 15 is 0 Å². The van der Waals surface area contributed by atoms with Crippen molar-refractivity contribution in [1.29, 1.82) is 0 Å². The molecule has 3 rings (SSSR count). The first-order valence-electron chi connectivity index (χ1n) is 14.5. The minimum absolute atomic E-state index is 0.0134. The van der Waals surface area contributed by atoms with E-state index in [9.17, 15) is 24.3 Å². The number of aliphatic imine (C=N–C) groups is 1. The van der Waals surface area contributed by atoms with Gasteiger partial charge in [-0.3, -0.25) is 19.4 Å². The van der Waals surface area contributed by atoms with E-state index in [4.69, 9.17) is 17.2 Å². The van der Waals surface area contributed by atoms with Gasteiger partial charge < -0.3 is 48.2 Å². The van der Waals surface area contributed by atoms with E-state index in [-0.39, 0.29) is 37.7 Å². The summed E-state index contributed by atoms with van der Waals surface area (Å²) in [7, 11) is 0. The molecule has 5 atom stereocenters. The van der Waals surface area contributed by atoms with Gasteiger partial charge in [0.05, 0.1) is 12.4 Å². The van der Waals surface area contributed by atoms with E-state index in [1.54, 1.807) is 19.3 Å². The Morgan fingerprint density at radius 1 is 1.00 bits per heavy atom.